The summed E-state index contributed by atoms with van der Waals surface area (Å²) < 4.78 is 1.99. The van der Waals surface area contributed by atoms with E-state index in [1.54, 1.807) is 0 Å². The van der Waals surface area contributed by atoms with Crippen LogP contribution >= 0.6 is 23.1 Å². The van der Waals surface area contributed by atoms with Crippen LogP contribution in [0.15, 0.2) is 16.6 Å². The zero-order valence-corrected chi connectivity index (χ0v) is 13.3. The van der Waals surface area contributed by atoms with Gasteiger partial charge in [0, 0.05) is 24.5 Å². The maximum absolute atomic E-state index is 10.7. The summed E-state index contributed by atoms with van der Waals surface area (Å²) in [5.74, 6) is 0.00243. The van der Waals surface area contributed by atoms with Crippen molar-refractivity contribution in [3.8, 4) is 0 Å². The molecule has 3 rings (SSSR count). The molecular weight excluding hydrogens is 308 g/mol. The van der Waals surface area contributed by atoms with Crippen LogP contribution in [0.1, 0.15) is 17.4 Å². The third kappa shape index (κ3) is 2.91. The van der Waals surface area contributed by atoms with Crippen LogP contribution in [0.2, 0.25) is 0 Å². The number of aromatic nitrogens is 3. The van der Waals surface area contributed by atoms with E-state index in [4.69, 9.17) is 5.11 Å². The van der Waals surface area contributed by atoms with Crippen LogP contribution in [-0.4, -0.2) is 38.1 Å². The Morgan fingerprint density at radius 1 is 1.52 bits per heavy atom. The maximum atomic E-state index is 10.7. The molecule has 0 aromatic carbocycles. The molecule has 1 N–H and O–H groups in total. The fourth-order valence-electron chi connectivity index (χ4n) is 2.44. The standard InChI is InChI=1S/C13H16N4O2S2/c1-2-17-12(14-15-13(17)21-8-11(18)19)16-5-3-10-9(7-16)4-6-20-10/h4,6H,2-3,5,7-8H2,1H3,(H,18,19). The number of thioether (sulfide) groups is 1. The third-order valence-electron chi connectivity index (χ3n) is 3.43. The van der Waals surface area contributed by atoms with Crippen LogP contribution in [0.25, 0.3) is 0 Å². The number of carboxylic acids is 1. The van der Waals surface area contributed by atoms with Crippen molar-refractivity contribution in [2.45, 2.75) is 31.6 Å². The highest BCUT2D eigenvalue weighted by Gasteiger charge is 2.23. The Kier molecular flexibility index (Phi) is 4.16. The Bertz CT molecular complexity index is 652. The van der Waals surface area contributed by atoms with E-state index in [0.717, 1.165) is 32.0 Å². The van der Waals surface area contributed by atoms with Crippen LogP contribution in [-0.2, 0) is 24.3 Å². The van der Waals surface area contributed by atoms with Gasteiger partial charge in [-0.15, -0.1) is 21.5 Å². The van der Waals surface area contributed by atoms with Crippen molar-refractivity contribution in [2.75, 3.05) is 17.2 Å². The fraction of sp³-hybridized carbons (Fsp3) is 0.462. The van der Waals surface area contributed by atoms with Gasteiger partial charge in [0.05, 0.1) is 5.75 Å². The van der Waals surface area contributed by atoms with E-state index in [2.05, 4.69) is 26.5 Å². The Morgan fingerprint density at radius 2 is 2.38 bits per heavy atom. The van der Waals surface area contributed by atoms with Gasteiger partial charge in [-0.2, -0.15) is 0 Å². The summed E-state index contributed by atoms with van der Waals surface area (Å²) in [4.78, 5) is 14.4. The molecule has 0 saturated carbocycles. The van der Waals surface area contributed by atoms with Gasteiger partial charge in [0.15, 0.2) is 5.16 Å². The Morgan fingerprint density at radius 3 is 3.14 bits per heavy atom. The Labute approximate surface area is 130 Å². The number of nitrogens with zero attached hydrogens (tertiary/aromatic N) is 4. The molecule has 0 radical (unpaired) electrons. The summed E-state index contributed by atoms with van der Waals surface area (Å²) in [6, 6.07) is 2.17. The number of fused-ring (bicyclic) bond motifs is 1. The minimum atomic E-state index is -0.840. The average Bonchev–Trinajstić information content (AvgIpc) is 3.10. The molecule has 0 spiro atoms. The molecule has 1 aliphatic heterocycles. The summed E-state index contributed by atoms with van der Waals surface area (Å²) in [6.07, 6.45) is 1.03. The number of rotatable bonds is 5. The summed E-state index contributed by atoms with van der Waals surface area (Å²) in [5.41, 5.74) is 1.36. The van der Waals surface area contributed by atoms with Gasteiger partial charge in [0.1, 0.15) is 0 Å². The Hall–Kier alpha value is -1.54. The molecule has 2 aromatic rings. The van der Waals surface area contributed by atoms with Gasteiger partial charge in [-0.1, -0.05) is 11.8 Å². The molecule has 0 aliphatic carbocycles. The first kappa shape index (κ1) is 14.4. The van der Waals surface area contributed by atoms with Crippen LogP contribution < -0.4 is 4.90 Å². The van der Waals surface area contributed by atoms with Crippen molar-refractivity contribution in [3.63, 3.8) is 0 Å². The molecule has 0 fully saturated rings. The summed E-state index contributed by atoms with van der Waals surface area (Å²) in [6.45, 7) is 4.53. The number of carbonyl (C=O) groups is 1. The fourth-order valence-corrected chi connectivity index (χ4v) is 4.05. The topological polar surface area (TPSA) is 71.2 Å². The van der Waals surface area contributed by atoms with Gasteiger partial charge < -0.3 is 10.0 Å². The van der Waals surface area contributed by atoms with E-state index in [1.807, 2.05) is 22.8 Å². The smallest absolute Gasteiger partial charge is 0.313 e. The van der Waals surface area contributed by atoms with E-state index in [1.165, 1.54) is 22.2 Å². The van der Waals surface area contributed by atoms with E-state index < -0.39 is 5.97 Å². The highest BCUT2D eigenvalue weighted by atomic mass is 32.2. The zero-order chi connectivity index (χ0) is 14.8. The van der Waals surface area contributed by atoms with Crippen molar-refractivity contribution < 1.29 is 9.90 Å². The lowest BCUT2D eigenvalue weighted by Crippen LogP contribution is -2.31. The second kappa shape index (κ2) is 6.07. The molecule has 6 nitrogen and oxygen atoms in total. The van der Waals surface area contributed by atoms with E-state index in [0.29, 0.717) is 5.16 Å². The summed E-state index contributed by atoms with van der Waals surface area (Å²) in [5, 5.41) is 20.0. The number of aliphatic carboxylic acids is 1. The van der Waals surface area contributed by atoms with Gasteiger partial charge in [0.25, 0.3) is 0 Å². The quantitative estimate of drug-likeness (QED) is 0.849. The normalized spacial score (nSPS) is 14.2. The average molecular weight is 324 g/mol. The van der Waals surface area contributed by atoms with E-state index in [-0.39, 0.29) is 5.75 Å². The second-order valence-corrected chi connectivity index (χ2v) is 6.69. The lowest BCUT2D eigenvalue weighted by Gasteiger charge is -2.27. The van der Waals surface area contributed by atoms with Gasteiger partial charge >= 0.3 is 5.97 Å². The molecule has 0 atom stereocenters. The minimum absolute atomic E-state index is 0.00676. The van der Waals surface area contributed by atoms with Crippen LogP contribution in [0, 0.1) is 0 Å². The van der Waals surface area contributed by atoms with Crippen molar-refractivity contribution in [1.29, 1.82) is 0 Å². The van der Waals surface area contributed by atoms with Crippen LogP contribution in [0.5, 0.6) is 0 Å². The van der Waals surface area contributed by atoms with Gasteiger partial charge in [-0.05, 0) is 30.4 Å². The molecule has 0 bridgehead atoms. The van der Waals surface area contributed by atoms with Crippen LogP contribution in [0.4, 0.5) is 5.95 Å². The first-order valence-corrected chi connectivity index (χ1v) is 8.63. The van der Waals surface area contributed by atoms with Gasteiger partial charge in [-0.25, -0.2) is 0 Å². The monoisotopic (exact) mass is 324 g/mol. The van der Waals surface area contributed by atoms with E-state index in [9.17, 15) is 4.79 Å². The largest absolute Gasteiger partial charge is 0.481 e. The third-order valence-corrected chi connectivity index (χ3v) is 5.40. The molecule has 3 heterocycles. The minimum Gasteiger partial charge on any atom is -0.481 e. The molecule has 0 unspecified atom stereocenters. The first-order chi connectivity index (χ1) is 10.2. The van der Waals surface area contributed by atoms with Crippen molar-refractivity contribution in [3.05, 3.63) is 21.9 Å². The van der Waals surface area contributed by atoms with Crippen LogP contribution in [0.3, 0.4) is 0 Å². The molecule has 0 amide bonds. The first-order valence-electron chi connectivity index (χ1n) is 6.77. The van der Waals surface area contributed by atoms with Crippen molar-refractivity contribution >= 4 is 35.0 Å². The lowest BCUT2D eigenvalue weighted by molar-refractivity contribution is -0.133. The molecule has 21 heavy (non-hydrogen) atoms. The number of anilines is 1. The van der Waals surface area contributed by atoms with Gasteiger partial charge in [0.2, 0.25) is 5.95 Å². The lowest BCUT2D eigenvalue weighted by atomic mass is 10.1. The number of thiophene rings is 1. The van der Waals surface area contributed by atoms with E-state index >= 15 is 0 Å². The predicted octanol–water partition coefficient (Wildman–Crippen LogP) is 2.10. The van der Waals surface area contributed by atoms with Crippen molar-refractivity contribution in [2.24, 2.45) is 0 Å². The molecule has 112 valence electrons. The Balaban J connectivity index is 1.81. The predicted molar refractivity (Wildman–Crippen MR) is 83.1 cm³/mol. The summed E-state index contributed by atoms with van der Waals surface area (Å²) >= 11 is 3.03. The van der Waals surface area contributed by atoms with Gasteiger partial charge in [-0.3, -0.25) is 9.36 Å². The molecule has 0 saturated heterocycles. The molecule has 8 heteroatoms. The molecule has 2 aromatic heterocycles. The van der Waals surface area contributed by atoms with Crippen molar-refractivity contribution in [1.82, 2.24) is 14.8 Å². The summed E-state index contributed by atoms with van der Waals surface area (Å²) in [7, 11) is 0. The second-order valence-electron chi connectivity index (χ2n) is 4.75. The SMILES string of the molecule is CCn1c(SCC(=O)O)nnc1N1CCc2sccc2C1. The maximum Gasteiger partial charge on any atom is 0.313 e. The molecule has 1 aliphatic rings. The zero-order valence-electron chi connectivity index (χ0n) is 11.7. The highest BCUT2D eigenvalue weighted by Crippen LogP contribution is 2.28. The molecular formula is C13H16N4O2S2. The number of hydrogen-bond donors (Lipinski definition) is 1. The highest BCUT2D eigenvalue weighted by molar-refractivity contribution is 7.99. The number of carboxylic acid groups (broad SMARTS) is 1. The number of hydrogen-bond acceptors (Lipinski definition) is 6.